The zero-order valence-electron chi connectivity index (χ0n) is 15.1. The summed E-state index contributed by atoms with van der Waals surface area (Å²) in [5.74, 6) is 0.0776. The van der Waals surface area contributed by atoms with Gasteiger partial charge in [-0.05, 0) is 42.8 Å². The van der Waals surface area contributed by atoms with Crippen LogP contribution in [-0.4, -0.2) is 40.1 Å². The first kappa shape index (κ1) is 17.3. The first-order valence-electron chi connectivity index (χ1n) is 9.22. The maximum Gasteiger partial charge on any atom is 0.253 e. The molecule has 0 saturated carbocycles. The van der Waals surface area contributed by atoms with Crippen LogP contribution in [0.3, 0.4) is 0 Å². The van der Waals surface area contributed by atoms with Crippen molar-refractivity contribution in [3.8, 4) is 0 Å². The van der Waals surface area contributed by atoms with Crippen LogP contribution in [0.25, 0.3) is 0 Å². The Hall–Kier alpha value is -3.12. The smallest absolute Gasteiger partial charge is 0.253 e. The number of rotatable bonds is 4. The third kappa shape index (κ3) is 4.17. The lowest BCUT2D eigenvalue weighted by atomic mass is 10.1. The quantitative estimate of drug-likeness (QED) is 0.750. The molecular weight excluding hydrogens is 338 g/mol. The molecule has 138 valence electrons. The minimum absolute atomic E-state index is 0.0776. The maximum atomic E-state index is 13.0. The SMILES string of the molecule is O=C(c1ccc(Nn2ccnc2)cc1)N1CCCNC(c2ccccc2)C1. The van der Waals surface area contributed by atoms with Crippen molar-refractivity contribution < 1.29 is 4.79 Å². The van der Waals surface area contributed by atoms with Gasteiger partial charge in [0, 0.05) is 37.1 Å². The van der Waals surface area contributed by atoms with E-state index in [1.165, 1.54) is 5.56 Å². The molecule has 1 unspecified atom stereocenters. The van der Waals surface area contributed by atoms with Gasteiger partial charge in [-0.15, -0.1) is 0 Å². The van der Waals surface area contributed by atoms with E-state index in [4.69, 9.17) is 0 Å². The minimum atomic E-state index is 0.0776. The Kier molecular flexibility index (Phi) is 5.16. The first-order valence-corrected chi connectivity index (χ1v) is 9.22. The molecule has 1 atom stereocenters. The second kappa shape index (κ2) is 8.05. The number of anilines is 1. The predicted molar refractivity (Wildman–Crippen MR) is 105 cm³/mol. The average Bonchev–Trinajstić information content (AvgIpc) is 3.10. The number of carbonyl (C=O) groups is 1. The largest absolute Gasteiger partial charge is 0.337 e. The molecule has 1 aliphatic heterocycles. The van der Waals surface area contributed by atoms with Crippen LogP contribution in [0.2, 0.25) is 0 Å². The molecule has 1 aromatic heterocycles. The zero-order chi connectivity index (χ0) is 18.5. The van der Waals surface area contributed by atoms with E-state index in [1.807, 2.05) is 53.6 Å². The zero-order valence-corrected chi connectivity index (χ0v) is 15.1. The van der Waals surface area contributed by atoms with E-state index < -0.39 is 0 Å². The fraction of sp³-hybridized carbons (Fsp3) is 0.238. The molecule has 1 saturated heterocycles. The lowest BCUT2D eigenvalue weighted by molar-refractivity contribution is 0.0753. The van der Waals surface area contributed by atoms with Crippen molar-refractivity contribution in [2.24, 2.45) is 0 Å². The lowest BCUT2D eigenvalue weighted by Gasteiger charge is -2.25. The van der Waals surface area contributed by atoms with E-state index in [0.29, 0.717) is 12.1 Å². The molecule has 1 aliphatic rings. The molecule has 2 N–H and O–H groups in total. The van der Waals surface area contributed by atoms with Crippen molar-refractivity contribution in [3.63, 3.8) is 0 Å². The summed E-state index contributed by atoms with van der Waals surface area (Å²) in [4.78, 5) is 19.0. The molecule has 3 aromatic rings. The summed E-state index contributed by atoms with van der Waals surface area (Å²) in [5.41, 5.74) is 6.02. The molecule has 0 aliphatic carbocycles. The summed E-state index contributed by atoms with van der Waals surface area (Å²) in [6.07, 6.45) is 6.18. The van der Waals surface area contributed by atoms with Crippen LogP contribution in [0, 0.1) is 0 Å². The number of amides is 1. The van der Waals surface area contributed by atoms with Gasteiger partial charge in [0.25, 0.3) is 5.91 Å². The Morgan fingerprint density at radius 1 is 1.11 bits per heavy atom. The van der Waals surface area contributed by atoms with Crippen LogP contribution in [0.4, 0.5) is 5.69 Å². The van der Waals surface area contributed by atoms with Crippen molar-refractivity contribution in [1.29, 1.82) is 0 Å². The molecule has 2 aromatic carbocycles. The van der Waals surface area contributed by atoms with Gasteiger partial charge >= 0.3 is 0 Å². The summed E-state index contributed by atoms with van der Waals surface area (Å²) in [7, 11) is 0. The number of hydrogen-bond acceptors (Lipinski definition) is 4. The van der Waals surface area contributed by atoms with E-state index in [2.05, 4.69) is 27.9 Å². The summed E-state index contributed by atoms with van der Waals surface area (Å²) in [6, 6.07) is 18.1. The number of carbonyl (C=O) groups excluding carboxylic acids is 1. The number of benzene rings is 2. The molecule has 6 nitrogen and oxygen atoms in total. The molecule has 1 amide bonds. The third-order valence-corrected chi connectivity index (χ3v) is 4.78. The van der Waals surface area contributed by atoms with Gasteiger partial charge in [0.2, 0.25) is 0 Å². The number of aromatic nitrogens is 2. The topological polar surface area (TPSA) is 62.2 Å². The summed E-state index contributed by atoms with van der Waals surface area (Å²) < 4.78 is 1.77. The molecule has 0 spiro atoms. The molecule has 6 heteroatoms. The van der Waals surface area contributed by atoms with Crippen LogP contribution >= 0.6 is 0 Å². The second-order valence-corrected chi connectivity index (χ2v) is 6.68. The molecule has 0 bridgehead atoms. The third-order valence-electron chi connectivity index (χ3n) is 4.78. The van der Waals surface area contributed by atoms with E-state index in [1.54, 1.807) is 17.2 Å². The molecule has 1 fully saturated rings. The minimum Gasteiger partial charge on any atom is -0.337 e. The van der Waals surface area contributed by atoms with Crippen molar-refractivity contribution in [1.82, 2.24) is 19.9 Å². The molecule has 2 heterocycles. The molecule has 27 heavy (non-hydrogen) atoms. The van der Waals surface area contributed by atoms with E-state index in [9.17, 15) is 4.79 Å². The van der Waals surface area contributed by atoms with E-state index in [0.717, 1.165) is 25.2 Å². The van der Waals surface area contributed by atoms with Crippen LogP contribution in [0.15, 0.2) is 73.3 Å². The highest BCUT2D eigenvalue weighted by atomic mass is 16.2. The van der Waals surface area contributed by atoms with Gasteiger partial charge in [-0.2, -0.15) is 0 Å². The van der Waals surface area contributed by atoms with Crippen molar-refractivity contribution in [3.05, 3.63) is 84.4 Å². The molecular formula is C21H23N5O. The van der Waals surface area contributed by atoms with Crippen molar-refractivity contribution in [2.75, 3.05) is 25.1 Å². The van der Waals surface area contributed by atoms with Gasteiger partial charge < -0.3 is 10.2 Å². The summed E-state index contributed by atoms with van der Waals surface area (Å²) in [5, 5.41) is 3.56. The standard InChI is InChI=1S/C21H23N5O/c27-21(18-7-9-19(10-8-18)24-26-14-12-22-16-26)25-13-4-11-23-20(15-25)17-5-2-1-3-6-17/h1-3,5-10,12,14,16,20,23-24H,4,11,13,15H2. The Labute approximate surface area is 158 Å². The lowest BCUT2D eigenvalue weighted by Crippen LogP contribution is -2.36. The Morgan fingerprint density at radius 3 is 2.67 bits per heavy atom. The fourth-order valence-corrected chi connectivity index (χ4v) is 3.36. The van der Waals surface area contributed by atoms with Crippen molar-refractivity contribution >= 4 is 11.6 Å². The molecule has 4 rings (SSSR count). The van der Waals surface area contributed by atoms with Crippen LogP contribution in [-0.2, 0) is 0 Å². The van der Waals surface area contributed by atoms with Crippen molar-refractivity contribution in [2.45, 2.75) is 12.5 Å². The Bertz CT molecular complexity index is 861. The highest BCUT2D eigenvalue weighted by Crippen LogP contribution is 2.19. The number of nitrogens with one attached hydrogen (secondary N) is 2. The van der Waals surface area contributed by atoms with Gasteiger partial charge in [-0.1, -0.05) is 30.3 Å². The Balaban J connectivity index is 1.46. The van der Waals surface area contributed by atoms with Crippen LogP contribution < -0.4 is 10.7 Å². The van der Waals surface area contributed by atoms with Gasteiger partial charge in [0.05, 0.1) is 5.69 Å². The predicted octanol–water partition coefficient (Wildman–Crippen LogP) is 2.94. The van der Waals surface area contributed by atoms with Gasteiger partial charge in [-0.3, -0.25) is 14.9 Å². The maximum absolute atomic E-state index is 13.0. The highest BCUT2D eigenvalue weighted by molar-refractivity contribution is 5.94. The monoisotopic (exact) mass is 361 g/mol. The van der Waals surface area contributed by atoms with Crippen LogP contribution in [0.5, 0.6) is 0 Å². The highest BCUT2D eigenvalue weighted by Gasteiger charge is 2.23. The van der Waals surface area contributed by atoms with Crippen LogP contribution in [0.1, 0.15) is 28.4 Å². The Morgan fingerprint density at radius 2 is 1.93 bits per heavy atom. The first-order chi connectivity index (χ1) is 13.3. The normalized spacial score (nSPS) is 17.3. The summed E-state index contributed by atoms with van der Waals surface area (Å²) >= 11 is 0. The second-order valence-electron chi connectivity index (χ2n) is 6.68. The number of nitrogens with zero attached hydrogens (tertiary/aromatic N) is 3. The van der Waals surface area contributed by atoms with E-state index in [-0.39, 0.29) is 11.9 Å². The average molecular weight is 361 g/mol. The summed E-state index contributed by atoms with van der Waals surface area (Å²) in [6.45, 7) is 2.36. The fourth-order valence-electron chi connectivity index (χ4n) is 3.36. The number of imidazole rings is 1. The molecule has 0 radical (unpaired) electrons. The van der Waals surface area contributed by atoms with Gasteiger partial charge in [0.1, 0.15) is 6.33 Å². The van der Waals surface area contributed by atoms with Gasteiger partial charge in [-0.25, -0.2) is 4.98 Å². The number of hydrogen-bond donors (Lipinski definition) is 2. The van der Waals surface area contributed by atoms with Gasteiger partial charge in [0.15, 0.2) is 0 Å². The van der Waals surface area contributed by atoms with E-state index >= 15 is 0 Å².